The van der Waals surface area contributed by atoms with Gasteiger partial charge in [0, 0.05) is 0 Å². The second kappa shape index (κ2) is 4.08. The Morgan fingerprint density at radius 1 is 1.62 bits per heavy atom. The molecule has 1 unspecified atom stereocenters. The first kappa shape index (κ1) is 9.78. The van der Waals surface area contributed by atoms with Gasteiger partial charge in [-0.2, -0.15) is 0 Å². The second-order valence-corrected chi connectivity index (χ2v) is 3.27. The molecule has 70 valence electrons. The van der Waals surface area contributed by atoms with Crippen molar-refractivity contribution in [2.75, 3.05) is 0 Å². The van der Waals surface area contributed by atoms with Crippen LogP contribution in [-0.4, -0.2) is 11.1 Å². The van der Waals surface area contributed by atoms with Gasteiger partial charge in [-0.1, -0.05) is 29.9 Å². The zero-order chi connectivity index (χ0) is 9.84. The van der Waals surface area contributed by atoms with Gasteiger partial charge < -0.3 is 5.11 Å². The third kappa shape index (κ3) is 2.31. The van der Waals surface area contributed by atoms with Gasteiger partial charge in [0.1, 0.15) is 0 Å². The molecule has 1 aliphatic rings. The Bertz CT molecular complexity index is 295. The van der Waals surface area contributed by atoms with Gasteiger partial charge in [0.2, 0.25) is 0 Å². The number of rotatable bonds is 2. The molecule has 0 aromatic carbocycles. The molecule has 2 nitrogen and oxygen atoms in total. The van der Waals surface area contributed by atoms with E-state index in [9.17, 15) is 4.79 Å². The topological polar surface area (TPSA) is 37.3 Å². The molecule has 0 saturated heterocycles. The lowest BCUT2D eigenvalue weighted by molar-refractivity contribution is -0.140. The van der Waals surface area contributed by atoms with Gasteiger partial charge in [0.15, 0.2) is 0 Å². The van der Waals surface area contributed by atoms with Crippen LogP contribution in [0, 0.1) is 5.92 Å². The molecule has 2 heteroatoms. The van der Waals surface area contributed by atoms with Gasteiger partial charge >= 0.3 is 5.97 Å². The van der Waals surface area contributed by atoms with Crippen molar-refractivity contribution in [3.63, 3.8) is 0 Å². The van der Waals surface area contributed by atoms with E-state index in [0.29, 0.717) is 6.42 Å². The van der Waals surface area contributed by atoms with Crippen LogP contribution < -0.4 is 0 Å². The number of hydrogen-bond acceptors (Lipinski definition) is 1. The van der Waals surface area contributed by atoms with Gasteiger partial charge in [0.05, 0.1) is 5.92 Å². The van der Waals surface area contributed by atoms with Crippen LogP contribution in [0.3, 0.4) is 0 Å². The maximum Gasteiger partial charge on any atom is 0.311 e. The fourth-order valence-corrected chi connectivity index (χ4v) is 1.46. The van der Waals surface area contributed by atoms with Crippen LogP contribution in [-0.2, 0) is 4.79 Å². The van der Waals surface area contributed by atoms with Crippen molar-refractivity contribution in [1.29, 1.82) is 0 Å². The van der Waals surface area contributed by atoms with Crippen LogP contribution >= 0.6 is 0 Å². The highest BCUT2D eigenvalue weighted by atomic mass is 16.4. The molecule has 0 aliphatic heterocycles. The third-order valence-corrected chi connectivity index (χ3v) is 2.15. The molecule has 0 bridgehead atoms. The Kier molecular flexibility index (Phi) is 3.07. The summed E-state index contributed by atoms with van der Waals surface area (Å²) in [6.07, 6.45) is 8.23. The Labute approximate surface area is 78.3 Å². The van der Waals surface area contributed by atoms with Gasteiger partial charge in [-0.15, -0.1) is 0 Å². The predicted molar refractivity (Wildman–Crippen MR) is 52.4 cm³/mol. The molecule has 0 heterocycles. The number of allylic oxidation sites excluding steroid dienone is 5. The molecule has 1 N–H and O–H groups in total. The van der Waals surface area contributed by atoms with Crippen LogP contribution in [0.2, 0.25) is 0 Å². The van der Waals surface area contributed by atoms with Gasteiger partial charge in [-0.25, -0.2) is 0 Å². The van der Waals surface area contributed by atoms with E-state index in [1.165, 1.54) is 0 Å². The quantitative estimate of drug-likeness (QED) is 0.705. The molecular formula is C11H14O2. The van der Waals surface area contributed by atoms with E-state index < -0.39 is 5.97 Å². The fraction of sp³-hybridized carbons (Fsp3) is 0.364. The Morgan fingerprint density at radius 2 is 2.31 bits per heavy atom. The lowest BCUT2D eigenvalue weighted by Gasteiger charge is -2.17. The number of carboxylic acids is 1. The smallest absolute Gasteiger partial charge is 0.311 e. The van der Waals surface area contributed by atoms with Crippen LogP contribution in [0.4, 0.5) is 0 Å². The first-order valence-electron chi connectivity index (χ1n) is 4.38. The van der Waals surface area contributed by atoms with E-state index in [1.54, 1.807) is 0 Å². The summed E-state index contributed by atoms with van der Waals surface area (Å²) >= 11 is 0. The van der Waals surface area contributed by atoms with E-state index >= 15 is 0 Å². The summed E-state index contributed by atoms with van der Waals surface area (Å²) in [6.45, 7) is 3.85. The highest BCUT2D eigenvalue weighted by Crippen LogP contribution is 2.25. The molecular weight excluding hydrogens is 164 g/mol. The number of carbonyl (C=O) groups is 1. The second-order valence-electron chi connectivity index (χ2n) is 3.27. The summed E-state index contributed by atoms with van der Waals surface area (Å²) in [6, 6.07) is 0. The van der Waals surface area contributed by atoms with Crippen LogP contribution in [0.25, 0.3) is 0 Å². The van der Waals surface area contributed by atoms with E-state index in [2.05, 4.69) is 0 Å². The average Bonchev–Trinajstić information content (AvgIpc) is 2.08. The molecule has 1 rings (SSSR count). The van der Waals surface area contributed by atoms with Crippen molar-refractivity contribution >= 4 is 5.97 Å². The fourth-order valence-electron chi connectivity index (χ4n) is 1.46. The normalized spacial score (nSPS) is 22.8. The van der Waals surface area contributed by atoms with Crippen LogP contribution in [0.1, 0.15) is 20.3 Å². The molecule has 0 spiro atoms. The molecule has 0 aromatic rings. The molecule has 0 amide bonds. The van der Waals surface area contributed by atoms with Gasteiger partial charge in [0.25, 0.3) is 0 Å². The Balaban J connectivity index is 2.92. The molecule has 0 aromatic heterocycles. The van der Waals surface area contributed by atoms with E-state index in [-0.39, 0.29) is 5.92 Å². The zero-order valence-electron chi connectivity index (χ0n) is 7.95. The van der Waals surface area contributed by atoms with Crippen molar-refractivity contribution in [3.8, 4) is 0 Å². The minimum Gasteiger partial charge on any atom is -0.481 e. The van der Waals surface area contributed by atoms with Crippen molar-refractivity contribution in [1.82, 2.24) is 0 Å². The number of carboxylic acid groups (broad SMARTS) is 1. The van der Waals surface area contributed by atoms with E-state index in [1.807, 2.05) is 38.2 Å². The largest absolute Gasteiger partial charge is 0.481 e. The monoisotopic (exact) mass is 178 g/mol. The van der Waals surface area contributed by atoms with Gasteiger partial charge in [-0.3, -0.25) is 4.79 Å². The van der Waals surface area contributed by atoms with Crippen molar-refractivity contribution < 1.29 is 9.90 Å². The zero-order valence-corrected chi connectivity index (χ0v) is 7.95. The molecule has 13 heavy (non-hydrogen) atoms. The highest BCUT2D eigenvalue weighted by Gasteiger charge is 2.22. The highest BCUT2D eigenvalue weighted by molar-refractivity contribution is 5.75. The van der Waals surface area contributed by atoms with Gasteiger partial charge in [-0.05, 0) is 25.8 Å². The summed E-state index contributed by atoms with van der Waals surface area (Å²) in [5.41, 5.74) is 2.02. The number of hydrogen-bond donors (Lipinski definition) is 1. The lowest BCUT2D eigenvalue weighted by atomic mass is 9.87. The molecule has 1 atom stereocenters. The van der Waals surface area contributed by atoms with E-state index in [0.717, 1.165) is 11.1 Å². The SMILES string of the molecule is CC=CC1=CC=C(C)CC1C(=O)O. The summed E-state index contributed by atoms with van der Waals surface area (Å²) in [5, 5.41) is 8.95. The summed E-state index contributed by atoms with van der Waals surface area (Å²) in [5.74, 6) is -1.10. The summed E-state index contributed by atoms with van der Waals surface area (Å²) in [4.78, 5) is 10.9. The molecule has 0 radical (unpaired) electrons. The minimum absolute atomic E-state index is 0.360. The lowest BCUT2D eigenvalue weighted by Crippen LogP contribution is -2.17. The minimum atomic E-state index is -0.739. The van der Waals surface area contributed by atoms with E-state index in [4.69, 9.17) is 5.11 Å². The third-order valence-electron chi connectivity index (χ3n) is 2.15. The maximum absolute atomic E-state index is 10.9. The van der Waals surface area contributed by atoms with Crippen molar-refractivity contribution in [2.45, 2.75) is 20.3 Å². The molecule has 0 saturated carbocycles. The van der Waals surface area contributed by atoms with Crippen LogP contribution in [0.5, 0.6) is 0 Å². The Hall–Kier alpha value is -1.31. The Morgan fingerprint density at radius 3 is 2.85 bits per heavy atom. The standard InChI is InChI=1S/C11H14O2/c1-3-4-9-6-5-8(2)7-10(9)11(12)13/h3-6,10H,7H2,1-2H3,(H,12,13). The molecule has 0 fully saturated rings. The summed E-state index contributed by atoms with van der Waals surface area (Å²) < 4.78 is 0. The number of aliphatic carboxylic acids is 1. The predicted octanol–water partition coefficient (Wildman–Crippen LogP) is 2.54. The van der Waals surface area contributed by atoms with Crippen LogP contribution in [0.15, 0.2) is 35.5 Å². The first-order valence-corrected chi connectivity index (χ1v) is 4.38. The molecule has 1 aliphatic carbocycles. The summed E-state index contributed by atoms with van der Waals surface area (Å²) in [7, 11) is 0. The maximum atomic E-state index is 10.9. The first-order chi connectivity index (χ1) is 6.15. The van der Waals surface area contributed by atoms with Crippen molar-refractivity contribution in [3.05, 3.63) is 35.5 Å². The average molecular weight is 178 g/mol. The van der Waals surface area contributed by atoms with Crippen molar-refractivity contribution in [2.24, 2.45) is 5.92 Å².